The number of amides is 2. The number of hydrogen-bond donors (Lipinski definition) is 2. The molecule has 1 aromatic carbocycles. The van der Waals surface area contributed by atoms with Gasteiger partial charge >= 0.3 is 6.03 Å². The Kier molecular flexibility index (Phi) is 5.20. The Hall–Kier alpha value is -1.84. The van der Waals surface area contributed by atoms with Crippen molar-refractivity contribution >= 4 is 17.4 Å². The van der Waals surface area contributed by atoms with Crippen molar-refractivity contribution in [3.05, 3.63) is 30.3 Å². The normalized spacial score (nSPS) is 11.4. The first kappa shape index (κ1) is 13.2. The fraction of sp³-hybridized carbons (Fsp3) is 0.385. The Morgan fingerprint density at radius 1 is 1.29 bits per heavy atom. The fourth-order valence-electron chi connectivity index (χ4n) is 1.46. The van der Waals surface area contributed by atoms with Gasteiger partial charge in [-0.25, -0.2) is 10.2 Å². The molecule has 0 fully saturated rings. The van der Waals surface area contributed by atoms with Gasteiger partial charge in [0.2, 0.25) is 0 Å². The van der Waals surface area contributed by atoms with E-state index in [4.69, 9.17) is 0 Å². The van der Waals surface area contributed by atoms with Crippen LogP contribution in [-0.2, 0) is 0 Å². The van der Waals surface area contributed by atoms with Crippen molar-refractivity contribution in [2.75, 3.05) is 5.32 Å². The fourth-order valence-corrected chi connectivity index (χ4v) is 1.46. The SMILES string of the molecule is C/C(CC(C)C)=N/NC(=O)Nc1ccccc1. The van der Waals surface area contributed by atoms with E-state index in [2.05, 4.69) is 29.7 Å². The average molecular weight is 233 g/mol. The second-order valence-electron chi connectivity index (χ2n) is 4.38. The Balaban J connectivity index is 2.40. The van der Waals surface area contributed by atoms with Crippen LogP contribution in [0.3, 0.4) is 0 Å². The highest BCUT2D eigenvalue weighted by Crippen LogP contribution is 2.04. The van der Waals surface area contributed by atoms with Crippen LogP contribution < -0.4 is 10.7 Å². The lowest BCUT2D eigenvalue weighted by Gasteiger charge is -2.06. The highest BCUT2D eigenvalue weighted by atomic mass is 16.2. The summed E-state index contributed by atoms with van der Waals surface area (Å²) in [6.45, 7) is 6.13. The minimum atomic E-state index is -0.320. The second-order valence-corrected chi connectivity index (χ2v) is 4.38. The maximum absolute atomic E-state index is 11.5. The van der Waals surface area contributed by atoms with Gasteiger partial charge in [0.05, 0.1) is 0 Å². The molecule has 4 heteroatoms. The highest BCUT2D eigenvalue weighted by Gasteiger charge is 2.01. The molecule has 0 saturated carbocycles. The van der Waals surface area contributed by atoms with Crippen molar-refractivity contribution in [3.8, 4) is 0 Å². The van der Waals surface area contributed by atoms with E-state index in [0.29, 0.717) is 5.92 Å². The summed E-state index contributed by atoms with van der Waals surface area (Å²) >= 11 is 0. The minimum absolute atomic E-state index is 0.320. The summed E-state index contributed by atoms with van der Waals surface area (Å²) in [4.78, 5) is 11.5. The molecule has 92 valence electrons. The lowest BCUT2D eigenvalue weighted by atomic mass is 10.1. The van der Waals surface area contributed by atoms with Gasteiger partial charge in [-0.2, -0.15) is 5.10 Å². The molecule has 17 heavy (non-hydrogen) atoms. The first-order chi connectivity index (χ1) is 8.08. The predicted octanol–water partition coefficient (Wildman–Crippen LogP) is 3.23. The second kappa shape index (κ2) is 6.68. The molecule has 1 aromatic rings. The molecular weight excluding hydrogens is 214 g/mol. The van der Waals surface area contributed by atoms with Crippen molar-refractivity contribution in [2.45, 2.75) is 27.2 Å². The molecule has 4 nitrogen and oxygen atoms in total. The lowest BCUT2D eigenvalue weighted by Crippen LogP contribution is -2.25. The van der Waals surface area contributed by atoms with Crippen LogP contribution in [0.5, 0.6) is 0 Å². The van der Waals surface area contributed by atoms with Gasteiger partial charge in [-0.1, -0.05) is 32.0 Å². The van der Waals surface area contributed by atoms with Crippen molar-refractivity contribution in [1.29, 1.82) is 0 Å². The van der Waals surface area contributed by atoms with Gasteiger partial charge in [0, 0.05) is 11.4 Å². The summed E-state index contributed by atoms with van der Waals surface area (Å²) in [5.41, 5.74) is 4.15. The van der Waals surface area contributed by atoms with Crippen molar-refractivity contribution in [1.82, 2.24) is 5.43 Å². The monoisotopic (exact) mass is 233 g/mol. The molecule has 0 radical (unpaired) electrons. The molecule has 0 aromatic heterocycles. The summed E-state index contributed by atoms with van der Waals surface area (Å²) in [6, 6.07) is 8.95. The van der Waals surface area contributed by atoms with Gasteiger partial charge in [-0.3, -0.25) is 0 Å². The van der Waals surface area contributed by atoms with Crippen LogP contribution in [0.4, 0.5) is 10.5 Å². The maximum Gasteiger partial charge on any atom is 0.339 e. The molecule has 1 rings (SSSR count). The summed E-state index contributed by atoms with van der Waals surface area (Å²) < 4.78 is 0. The highest BCUT2D eigenvalue weighted by molar-refractivity contribution is 5.90. The minimum Gasteiger partial charge on any atom is -0.307 e. The molecule has 2 N–H and O–H groups in total. The van der Waals surface area contributed by atoms with E-state index in [1.54, 1.807) is 0 Å². The van der Waals surface area contributed by atoms with Crippen molar-refractivity contribution in [2.24, 2.45) is 11.0 Å². The standard InChI is InChI=1S/C13H19N3O/c1-10(2)9-11(3)15-16-13(17)14-12-7-5-4-6-8-12/h4-8,10H,9H2,1-3H3,(H2,14,16,17)/b15-11-. The zero-order chi connectivity index (χ0) is 12.7. The molecule has 0 aliphatic heterocycles. The van der Waals surface area contributed by atoms with E-state index in [0.717, 1.165) is 17.8 Å². The number of carbonyl (C=O) groups excluding carboxylic acids is 1. The number of rotatable bonds is 4. The molecule has 0 heterocycles. The van der Waals surface area contributed by atoms with Gasteiger partial charge in [-0.05, 0) is 31.4 Å². The molecule has 2 amide bonds. The predicted molar refractivity (Wildman–Crippen MR) is 71.2 cm³/mol. The lowest BCUT2D eigenvalue weighted by molar-refractivity contribution is 0.252. The van der Waals surface area contributed by atoms with Crippen LogP contribution in [0.1, 0.15) is 27.2 Å². The number of anilines is 1. The van der Waals surface area contributed by atoms with Crippen LogP contribution >= 0.6 is 0 Å². The third kappa shape index (κ3) is 5.70. The van der Waals surface area contributed by atoms with Crippen LogP contribution in [0.2, 0.25) is 0 Å². The molecule has 0 saturated heterocycles. The summed E-state index contributed by atoms with van der Waals surface area (Å²) in [5, 5.41) is 6.71. The van der Waals surface area contributed by atoms with Gasteiger partial charge in [0.25, 0.3) is 0 Å². The van der Waals surface area contributed by atoms with Gasteiger partial charge < -0.3 is 5.32 Å². The Morgan fingerprint density at radius 3 is 2.53 bits per heavy atom. The van der Waals surface area contributed by atoms with E-state index in [1.165, 1.54) is 0 Å². The number of hydrazone groups is 1. The van der Waals surface area contributed by atoms with Gasteiger partial charge in [-0.15, -0.1) is 0 Å². The van der Waals surface area contributed by atoms with E-state index in [1.807, 2.05) is 37.3 Å². The molecule has 0 spiro atoms. The first-order valence-electron chi connectivity index (χ1n) is 5.73. The van der Waals surface area contributed by atoms with Crippen LogP contribution in [0, 0.1) is 5.92 Å². The zero-order valence-electron chi connectivity index (χ0n) is 10.5. The molecular formula is C13H19N3O. The van der Waals surface area contributed by atoms with Crippen LogP contribution in [0.25, 0.3) is 0 Å². The smallest absolute Gasteiger partial charge is 0.307 e. The molecule has 0 bridgehead atoms. The number of urea groups is 1. The Labute approximate surface area is 102 Å². The van der Waals surface area contributed by atoms with E-state index in [-0.39, 0.29) is 6.03 Å². The van der Waals surface area contributed by atoms with E-state index < -0.39 is 0 Å². The summed E-state index contributed by atoms with van der Waals surface area (Å²) in [5.74, 6) is 0.540. The third-order valence-corrected chi connectivity index (χ3v) is 2.08. The van der Waals surface area contributed by atoms with E-state index in [9.17, 15) is 4.79 Å². The molecule has 0 atom stereocenters. The number of nitrogens with one attached hydrogen (secondary N) is 2. The average Bonchev–Trinajstić information content (AvgIpc) is 2.27. The van der Waals surface area contributed by atoms with Gasteiger partial charge in [0.15, 0.2) is 0 Å². The van der Waals surface area contributed by atoms with Gasteiger partial charge in [0.1, 0.15) is 0 Å². The Morgan fingerprint density at radius 2 is 1.94 bits per heavy atom. The van der Waals surface area contributed by atoms with Crippen LogP contribution in [-0.4, -0.2) is 11.7 Å². The Bertz CT molecular complexity index is 385. The van der Waals surface area contributed by atoms with Crippen molar-refractivity contribution in [3.63, 3.8) is 0 Å². The molecule has 0 aliphatic carbocycles. The third-order valence-electron chi connectivity index (χ3n) is 2.08. The largest absolute Gasteiger partial charge is 0.339 e. The number of hydrogen-bond acceptors (Lipinski definition) is 2. The number of carbonyl (C=O) groups is 1. The number of para-hydroxylation sites is 1. The molecule has 0 aliphatic rings. The zero-order valence-corrected chi connectivity index (χ0v) is 10.5. The summed E-state index contributed by atoms with van der Waals surface area (Å²) in [7, 11) is 0. The topological polar surface area (TPSA) is 53.5 Å². The first-order valence-corrected chi connectivity index (χ1v) is 5.73. The number of nitrogens with zero attached hydrogens (tertiary/aromatic N) is 1. The van der Waals surface area contributed by atoms with Crippen LogP contribution in [0.15, 0.2) is 35.4 Å². The molecule has 0 unspecified atom stereocenters. The van der Waals surface area contributed by atoms with Crippen molar-refractivity contribution < 1.29 is 4.79 Å². The number of benzene rings is 1. The summed E-state index contributed by atoms with van der Waals surface area (Å²) in [6.07, 6.45) is 0.881. The quantitative estimate of drug-likeness (QED) is 0.609. The maximum atomic E-state index is 11.5. The van der Waals surface area contributed by atoms with E-state index >= 15 is 0 Å².